The molecule has 0 fully saturated rings. The Labute approximate surface area is 147 Å². The fraction of sp³-hybridized carbons (Fsp3) is 0.167. The number of H-pyrrole nitrogens is 2. The van der Waals surface area contributed by atoms with E-state index in [0.29, 0.717) is 11.3 Å². The van der Waals surface area contributed by atoms with Gasteiger partial charge in [-0.05, 0) is 24.6 Å². The normalized spacial score (nSPS) is 15.8. The van der Waals surface area contributed by atoms with Crippen LogP contribution in [0.3, 0.4) is 0 Å². The Balaban J connectivity index is 2.25. The number of phenolic OH excluding ortho intramolecular Hbond substituents is 1. The maximum atomic E-state index is 12.6. The monoisotopic (exact) mass is 355 g/mol. The minimum Gasteiger partial charge on any atom is -0.508 e. The lowest BCUT2D eigenvalue weighted by Crippen LogP contribution is -2.35. The smallest absolute Gasteiger partial charge is 0.337 e. The van der Waals surface area contributed by atoms with E-state index in [1.165, 1.54) is 18.2 Å². The zero-order valence-corrected chi connectivity index (χ0v) is 14.0. The van der Waals surface area contributed by atoms with E-state index in [1.807, 2.05) is 0 Å². The van der Waals surface area contributed by atoms with Crippen molar-refractivity contribution in [3.05, 3.63) is 80.2 Å². The molecule has 1 unspecified atom stereocenters. The molecule has 4 N–H and O–H groups in total. The lowest BCUT2D eigenvalue weighted by Gasteiger charge is -2.28. The summed E-state index contributed by atoms with van der Waals surface area (Å²) in [7, 11) is 0. The van der Waals surface area contributed by atoms with Crippen molar-refractivity contribution in [3.8, 4) is 5.75 Å². The number of nitrogens with one attached hydrogen (secondary N) is 3. The number of hydrogen-bond acceptors (Lipinski definition) is 6. The third-order valence-corrected chi connectivity index (χ3v) is 4.03. The summed E-state index contributed by atoms with van der Waals surface area (Å²) >= 11 is 0. The van der Waals surface area contributed by atoms with E-state index in [4.69, 9.17) is 4.74 Å². The summed E-state index contributed by atoms with van der Waals surface area (Å²) in [6.07, 6.45) is 1.44. The topological polar surface area (TPSA) is 124 Å². The van der Waals surface area contributed by atoms with Gasteiger partial charge >= 0.3 is 11.7 Å². The van der Waals surface area contributed by atoms with E-state index in [-0.39, 0.29) is 29.3 Å². The number of aromatic hydroxyl groups is 1. The molecule has 1 aromatic carbocycles. The van der Waals surface area contributed by atoms with Gasteiger partial charge in [0.2, 0.25) is 0 Å². The van der Waals surface area contributed by atoms with Crippen molar-refractivity contribution in [2.75, 3.05) is 11.9 Å². The van der Waals surface area contributed by atoms with Crippen LogP contribution in [0.1, 0.15) is 24.0 Å². The number of carbonyl (C=O) groups excluding carboxylic acids is 1. The number of ether oxygens (including phenoxy) is 1. The Bertz CT molecular complexity index is 1030. The molecule has 2 heterocycles. The zero-order valence-electron chi connectivity index (χ0n) is 14.0. The fourth-order valence-corrected chi connectivity index (χ4v) is 3.01. The number of benzene rings is 1. The van der Waals surface area contributed by atoms with Crippen LogP contribution in [0.25, 0.3) is 0 Å². The number of fused-ring (bicyclic) bond motifs is 1. The number of rotatable bonds is 4. The predicted octanol–water partition coefficient (Wildman–Crippen LogP) is 1.33. The van der Waals surface area contributed by atoms with Crippen LogP contribution in [-0.2, 0) is 9.53 Å². The molecule has 0 saturated carbocycles. The van der Waals surface area contributed by atoms with E-state index in [0.717, 1.165) is 0 Å². The summed E-state index contributed by atoms with van der Waals surface area (Å²) in [6, 6.07) is 6.22. The van der Waals surface area contributed by atoms with Crippen molar-refractivity contribution in [2.45, 2.75) is 12.8 Å². The van der Waals surface area contributed by atoms with Gasteiger partial charge in [-0.3, -0.25) is 14.8 Å². The summed E-state index contributed by atoms with van der Waals surface area (Å²) in [5, 5.41) is 12.7. The number of phenols is 1. The Morgan fingerprint density at radius 2 is 2.12 bits per heavy atom. The molecular weight excluding hydrogens is 338 g/mol. The summed E-state index contributed by atoms with van der Waals surface area (Å²) in [6.45, 7) is 5.16. The molecule has 0 aliphatic carbocycles. The average Bonchev–Trinajstić information content (AvgIpc) is 2.58. The number of aromatic nitrogens is 2. The molecule has 3 rings (SSSR count). The van der Waals surface area contributed by atoms with Crippen LogP contribution in [0.5, 0.6) is 5.75 Å². The Kier molecular flexibility index (Phi) is 4.49. The van der Waals surface area contributed by atoms with Gasteiger partial charge in [-0.15, -0.1) is 0 Å². The highest BCUT2D eigenvalue weighted by Crippen LogP contribution is 2.39. The van der Waals surface area contributed by atoms with Crippen LogP contribution in [-0.4, -0.2) is 27.7 Å². The molecule has 8 heteroatoms. The van der Waals surface area contributed by atoms with Gasteiger partial charge in [0.1, 0.15) is 18.2 Å². The third-order valence-electron chi connectivity index (χ3n) is 4.03. The molecule has 0 spiro atoms. The second kappa shape index (κ2) is 6.75. The van der Waals surface area contributed by atoms with Crippen molar-refractivity contribution in [3.63, 3.8) is 0 Å². The molecule has 2 aromatic rings. The number of aromatic amines is 2. The van der Waals surface area contributed by atoms with Crippen molar-refractivity contribution in [1.29, 1.82) is 0 Å². The van der Waals surface area contributed by atoms with Crippen molar-refractivity contribution in [2.24, 2.45) is 0 Å². The first kappa shape index (κ1) is 17.3. The van der Waals surface area contributed by atoms with Gasteiger partial charge in [-0.2, -0.15) is 0 Å². The van der Waals surface area contributed by atoms with E-state index in [9.17, 15) is 19.5 Å². The Morgan fingerprint density at radius 1 is 1.35 bits per heavy atom. The molecule has 1 atom stereocenters. The van der Waals surface area contributed by atoms with Crippen LogP contribution >= 0.6 is 0 Å². The van der Waals surface area contributed by atoms with Crippen molar-refractivity contribution < 1.29 is 14.6 Å². The molecule has 26 heavy (non-hydrogen) atoms. The first-order valence-electron chi connectivity index (χ1n) is 7.83. The zero-order chi connectivity index (χ0) is 18.8. The van der Waals surface area contributed by atoms with Crippen LogP contribution < -0.4 is 16.6 Å². The second-order valence-electron chi connectivity index (χ2n) is 5.78. The molecule has 1 aliphatic rings. The molecule has 0 bridgehead atoms. The minimum absolute atomic E-state index is 0.0111. The standard InChI is InChI=1S/C18H17N3O5/c1-3-7-26-17(24)12-9(2)19-15-14(16(23)21-18(25)20-15)13(12)10-5-4-6-11(22)8-10/h3-6,8,13,22H,1,7H2,2H3,(H3,19,20,21,23,25). The van der Waals surface area contributed by atoms with Crippen molar-refractivity contribution in [1.82, 2.24) is 9.97 Å². The molecule has 134 valence electrons. The summed E-state index contributed by atoms with van der Waals surface area (Å²) in [5.41, 5.74) is 0.0118. The highest BCUT2D eigenvalue weighted by molar-refractivity contribution is 5.94. The molecule has 1 aromatic heterocycles. The summed E-state index contributed by atoms with van der Waals surface area (Å²) in [5.74, 6) is -1.26. The lowest BCUT2D eigenvalue weighted by atomic mass is 9.82. The van der Waals surface area contributed by atoms with Gasteiger partial charge in [0.15, 0.2) is 0 Å². The van der Waals surface area contributed by atoms with Gasteiger partial charge in [-0.25, -0.2) is 9.59 Å². The fourth-order valence-electron chi connectivity index (χ4n) is 3.01. The molecular formula is C18H17N3O5. The maximum Gasteiger partial charge on any atom is 0.337 e. The predicted molar refractivity (Wildman–Crippen MR) is 95.1 cm³/mol. The largest absolute Gasteiger partial charge is 0.508 e. The Hall–Kier alpha value is -3.55. The number of hydrogen-bond donors (Lipinski definition) is 4. The molecule has 8 nitrogen and oxygen atoms in total. The highest BCUT2D eigenvalue weighted by atomic mass is 16.5. The number of allylic oxidation sites excluding steroid dienone is 1. The van der Waals surface area contributed by atoms with Gasteiger partial charge in [0.05, 0.1) is 17.1 Å². The molecule has 0 radical (unpaired) electrons. The number of carbonyl (C=O) groups is 1. The highest BCUT2D eigenvalue weighted by Gasteiger charge is 2.36. The van der Waals surface area contributed by atoms with Crippen LogP contribution in [0.4, 0.5) is 5.82 Å². The molecule has 0 amide bonds. The SMILES string of the molecule is C=CCOC(=O)C1=C(C)Nc2[nH]c(=O)[nH]c(=O)c2C1c1cccc(O)c1. The van der Waals surface area contributed by atoms with Gasteiger partial charge in [-0.1, -0.05) is 24.8 Å². The molecule has 1 aliphatic heterocycles. The average molecular weight is 355 g/mol. The van der Waals surface area contributed by atoms with Crippen LogP contribution in [0.15, 0.2) is 57.8 Å². The summed E-state index contributed by atoms with van der Waals surface area (Å²) in [4.78, 5) is 41.4. The first-order valence-corrected chi connectivity index (χ1v) is 7.83. The maximum absolute atomic E-state index is 12.6. The molecule has 0 saturated heterocycles. The lowest BCUT2D eigenvalue weighted by molar-refractivity contribution is -0.138. The van der Waals surface area contributed by atoms with E-state index < -0.39 is 23.1 Å². The van der Waals surface area contributed by atoms with E-state index in [1.54, 1.807) is 19.1 Å². The number of esters is 1. The first-order chi connectivity index (χ1) is 12.4. The van der Waals surface area contributed by atoms with Gasteiger partial charge in [0.25, 0.3) is 5.56 Å². The summed E-state index contributed by atoms with van der Waals surface area (Å²) < 4.78 is 5.16. The van der Waals surface area contributed by atoms with E-state index in [2.05, 4.69) is 21.9 Å². The third kappa shape index (κ3) is 3.04. The Morgan fingerprint density at radius 3 is 2.81 bits per heavy atom. The number of anilines is 1. The van der Waals surface area contributed by atoms with Crippen LogP contribution in [0.2, 0.25) is 0 Å². The van der Waals surface area contributed by atoms with Crippen molar-refractivity contribution >= 4 is 11.8 Å². The van der Waals surface area contributed by atoms with Crippen LogP contribution in [0, 0.1) is 0 Å². The van der Waals surface area contributed by atoms with Gasteiger partial charge in [0, 0.05) is 5.70 Å². The minimum atomic E-state index is -0.823. The second-order valence-corrected chi connectivity index (χ2v) is 5.78. The quantitative estimate of drug-likeness (QED) is 0.484. The van der Waals surface area contributed by atoms with E-state index >= 15 is 0 Å². The van der Waals surface area contributed by atoms with Gasteiger partial charge < -0.3 is 15.2 Å².